The maximum Gasteiger partial charge on any atom is 0.262 e. The third kappa shape index (κ3) is 5.56. The summed E-state index contributed by atoms with van der Waals surface area (Å²) in [5.41, 5.74) is 1.89. The maximum atomic E-state index is 12.4. The van der Waals surface area contributed by atoms with Crippen molar-refractivity contribution in [3.8, 4) is 5.75 Å². The van der Waals surface area contributed by atoms with Crippen molar-refractivity contribution in [3.05, 3.63) is 83.0 Å². The number of nitrogens with zero attached hydrogens (tertiary/aromatic N) is 1. The fourth-order valence-corrected chi connectivity index (χ4v) is 2.53. The zero-order valence-electron chi connectivity index (χ0n) is 15.1. The fourth-order valence-electron chi connectivity index (χ4n) is 2.41. The Morgan fingerprint density at radius 3 is 2.57 bits per heavy atom. The summed E-state index contributed by atoms with van der Waals surface area (Å²) in [5.74, 6) is 0.355. The highest BCUT2D eigenvalue weighted by Gasteiger charge is 2.10. The number of halogens is 1. The molecule has 0 spiro atoms. The monoisotopic (exact) mass is 395 g/mol. The van der Waals surface area contributed by atoms with Crippen molar-refractivity contribution in [1.29, 1.82) is 0 Å². The lowest BCUT2D eigenvalue weighted by Gasteiger charge is -2.09. The van der Waals surface area contributed by atoms with E-state index in [1.54, 1.807) is 60.8 Å². The number of anilines is 2. The van der Waals surface area contributed by atoms with Crippen molar-refractivity contribution in [2.75, 3.05) is 17.2 Å². The van der Waals surface area contributed by atoms with Crippen LogP contribution in [0.15, 0.2) is 66.9 Å². The number of ether oxygens (including phenoxy) is 1. The van der Waals surface area contributed by atoms with Gasteiger partial charge < -0.3 is 15.4 Å². The molecular weight excluding hydrogens is 378 g/mol. The van der Waals surface area contributed by atoms with Crippen molar-refractivity contribution >= 4 is 34.9 Å². The van der Waals surface area contributed by atoms with Gasteiger partial charge in [-0.1, -0.05) is 17.7 Å². The normalized spacial score (nSPS) is 10.2. The van der Waals surface area contributed by atoms with E-state index in [2.05, 4.69) is 15.6 Å². The Balaban J connectivity index is 1.58. The van der Waals surface area contributed by atoms with Crippen LogP contribution >= 0.6 is 11.6 Å². The van der Waals surface area contributed by atoms with Gasteiger partial charge in [-0.15, -0.1) is 0 Å². The lowest BCUT2D eigenvalue weighted by molar-refractivity contribution is -0.118. The van der Waals surface area contributed by atoms with Crippen LogP contribution in [-0.2, 0) is 4.79 Å². The summed E-state index contributed by atoms with van der Waals surface area (Å²) < 4.78 is 5.40. The van der Waals surface area contributed by atoms with Gasteiger partial charge in [0.15, 0.2) is 6.61 Å². The van der Waals surface area contributed by atoms with Gasteiger partial charge in [-0.05, 0) is 67.1 Å². The van der Waals surface area contributed by atoms with Crippen LogP contribution in [0.4, 0.5) is 11.5 Å². The second-order valence-corrected chi connectivity index (χ2v) is 6.48. The van der Waals surface area contributed by atoms with Crippen LogP contribution in [0.2, 0.25) is 5.02 Å². The minimum absolute atomic E-state index is 0.161. The lowest BCUT2D eigenvalue weighted by Crippen LogP contribution is -2.20. The van der Waals surface area contributed by atoms with Crippen LogP contribution in [0.3, 0.4) is 0 Å². The van der Waals surface area contributed by atoms with Gasteiger partial charge in [0.2, 0.25) is 0 Å². The Bertz CT molecular complexity index is 990. The highest BCUT2D eigenvalue weighted by Crippen LogP contribution is 2.16. The molecule has 0 aliphatic heterocycles. The number of hydrogen-bond acceptors (Lipinski definition) is 4. The smallest absolute Gasteiger partial charge is 0.262 e. The lowest BCUT2D eigenvalue weighted by atomic mass is 10.2. The van der Waals surface area contributed by atoms with Crippen molar-refractivity contribution < 1.29 is 14.3 Å². The summed E-state index contributed by atoms with van der Waals surface area (Å²) in [5, 5.41) is 6.03. The molecule has 1 aromatic heterocycles. The van der Waals surface area contributed by atoms with E-state index in [0.717, 1.165) is 5.56 Å². The van der Waals surface area contributed by atoms with Crippen LogP contribution in [0.5, 0.6) is 5.75 Å². The molecule has 0 radical (unpaired) electrons. The molecule has 0 aliphatic carbocycles. The first kappa shape index (κ1) is 19.4. The fraction of sp³-hybridized carbons (Fsp3) is 0.0952. The molecule has 0 fully saturated rings. The largest absolute Gasteiger partial charge is 0.484 e. The summed E-state index contributed by atoms with van der Waals surface area (Å²) in [6.45, 7) is 1.75. The van der Waals surface area contributed by atoms with Crippen molar-refractivity contribution in [2.24, 2.45) is 0 Å². The van der Waals surface area contributed by atoms with Gasteiger partial charge in [0.05, 0.1) is 0 Å². The predicted octanol–water partition coefficient (Wildman–Crippen LogP) is 4.31. The zero-order valence-corrected chi connectivity index (χ0v) is 15.9. The summed E-state index contributed by atoms with van der Waals surface area (Å²) in [6.07, 6.45) is 1.63. The first-order valence-corrected chi connectivity index (χ1v) is 8.90. The SMILES string of the molecule is Cc1ccnc(NC(=O)c2cccc(NC(=O)COc3ccc(Cl)cc3)c2)c1. The number of aryl methyl sites for hydroxylation is 1. The van der Waals surface area contributed by atoms with Gasteiger partial charge in [-0.25, -0.2) is 4.98 Å². The number of carbonyl (C=O) groups is 2. The van der Waals surface area contributed by atoms with E-state index in [-0.39, 0.29) is 18.4 Å². The van der Waals surface area contributed by atoms with Crippen molar-refractivity contribution in [1.82, 2.24) is 4.98 Å². The Morgan fingerprint density at radius 2 is 1.82 bits per heavy atom. The van der Waals surface area contributed by atoms with E-state index in [1.165, 1.54) is 0 Å². The minimum atomic E-state index is -0.340. The molecule has 6 nitrogen and oxygen atoms in total. The molecule has 2 amide bonds. The zero-order chi connectivity index (χ0) is 19.9. The van der Waals surface area contributed by atoms with E-state index >= 15 is 0 Å². The Kier molecular flexibility index (Phi) is 6.24. The molecule has 0 atom stereocenters. The molecule has 142 valence electrons. The highest BCUT2D eigenvalue weighted by molar-refractivity contribution is 6.30. The first-order valence-electron chi connectivity index (χ1n) is 8.52. The van der Waals surface area contributed by atoms with Crippen molar-refractivity contribution in [3.63, 3.8) is 0 Å². The molecule has 0 bridgehead atoms. The Hall–Kier alpha value is -3.38. The third-order valence-corrected chi connectivity index (χ3v) is 4.00. The summed E-state index contributed by atoms with van der Waals surface area (Å²) >= 11 is 5.81. The number of hydrogen-bond donors (Lipinski definition) is 2. The molecule has 2 N–H and O–H groups in total. The number of carbonyl (C=O) groups excluding carboxylic acids is 2. The van der Waals surface area contributed by atoms with Gasteiger partial charge in [0.1, 0.15) is 11.6 Å². The summed E-state index contributed by atoms with van der Waals surface area (Å²) in [4.78, 5) is 28.6. The number of benzene rings is 2. The molecule has 28 heavy (non-hydrogen) atoms. The average Bonchev–Trinajstić information content (AvgIpc) is 2.68. The van der Waals surface area contributed by atoms with Crippen LogP contribution in [0.1, 0.15) is 15.9 Å². The molecule has 3 aromatic rings. The van der Waals surface area contributed by atoms with Gasteiger partial charge in [-0.2, -0.15) is 0 Å². The molecule has 0 unspecified atom stereocenters. The van der Waals surface area contributed by atoms with Crippen LogP contribution in [0, 0.1) is 6.92 Å². The second kappa shape index (κ2) is 9.01. The van der Waals surface area contributed by atoms with E-state index in [9.17, 15) is 9.59 Å². The molecule has 1 heterocycles. The maximum absolute atomic E-state index is 12.4. The molecule has 0 saturated carbocycles. The highest BCUT2D eigenvalue weighted by atomic mass is 35.5. The summed E-state index contributed by atoms with van der Waals surface area (Å²) in [6, 6.07) is 17.0. The van der Waals surface area contributed by atoms with Gasteiger partial charge in [0.25, 0.3) is 11.8 Å². The van der Waals surface area contributed by atoms with E-state index in [1.807, 2.05) is 13.0 Å². The third-order valence-electron chi connectivity index (χ3n) is 3.75. The number of pyridine rings is 1. The first-order chi connectivity index (χ1) is 13.5. The van der Waals surface area contributed by atoms with Gasteiger partial charge >= 0.3 is 0 Å². The van der Waals surface area contributed by atoms with Crippen LogP contribution in [-0.4, -0.2) is 23.4 Å². The molecular formula is C21H18ClN3O3. The quantitative estimate of drug-likeness (QED) is 0.651. The molecule has 0 aliphatic rings. The van der Waals surface area contributed by atoms with Crippen molar-refractivity contribution in [2.45, 2.75) is 6.92 Å². The Morgan fingerprint density at radius 1 is 1.04 bits per heavy atom. The standard InChI is InChI=1S/C21H18ClN3O3/c1-14-9-10-23-19(11-14)25-21(27)15-3-2-4-17(12-15)24-20(26)13-28-18-7-5-16(22)6-8-18/h2-12H,13H2,1H3,(H,24,26)(H,23,25,27). The number of aromatic nitrogens is 1. The molecule has 2 aromatic carbocycles. The second-order valence-electron chi connectivity index (χ2n) is 6.04. The predicted molar refractivity (Wildman–Crippen MR) is 109 cm³/mol. The average molecular weight is 396 g/mol. The number of rotatable bonds is 6. The van der Waals surface area contributed by atoms with Crippen LogP contribution in [0.25, 0.3) is 0 Å². The number of nitrogens with one attached hydrogen (secondary N) is 2. The Labute approximate surface area is 167 Å². The summed E-state index contributed by atoms with van der Waals surface area (Å²) in [7, 11) is 0. The minimum Gasteiger partial charge on any atom is -0.484 e. The van der Waals surface area contributed by atoms with E-state index in [4.69, 9.17) is 16.3 Å². The molecule has 7 heteroatoms. The van der Waals surface area contributed by atoms with Gasteiger partial charge in [0, 0.05) is 22.5 Å². The molecule has 0 saturated heterocycles. The molecule has 3 rings (SSSR count). The topological polar surface area (TPSA) is 80.3 Å². The van der Waals surface area contributed by atoms with Crippen LogP contribution < -0.4 is 15.4 Å². The van der Waals surface area contributed by atoms with E-state index < -0.39 is 0 Å². The van der Waals surface area contributed by atoms with Gasteiger partial charge in [-0.3, -0.25) is 9.59 Å². The number of amides is 2. The van der Waals surface area contributed by atoms with E-state index in [0.29, 0.717) is 27.8 Å².